The van der Waals surface area contributed by atoms with Gasteiger partial charge in [-0.2, -0.15) is 0 Å². The summed E-state index contributed by atoms with van der Waals surface area (Å²) in [5.74, 6) is -0.00792. The second kappa shape index (κ2) is 10.0. The van der Waals surface area contributed by atoms with Crippen LogP contribution in [0.15, 0.2) is 47.0 Å². The highest BCUT2D eigenvalue weighted by Crippen LogP contribution is 2.21. The molecule has 8 heteroatoms. The molecule has 1 aliphatic carbocycles. The molecular formula is C21H24ClN3O3S. The zero-order chi connectivity index (χ0) is 20.8. The number of nitrogens with one attached hydrogen (secondary N) is 2. The topological polar surface area (TPSA) is 81.7 Å². The molecule has 1 amide bonds. The number of benzene rings is 1. The Hall–Kier alpha value is -2.22. The molecule has 1 aliphatic heterocycles. The quantitative estimate of drug-likeness (QED) is 0.573. The summed E-state index contributed by atoms with van der Waals surface area (Å²) in [4.78, 5) is 26.3. The van der Waals surface area contributed by atoms with Crippen molar-refractivity contribution in [3.05, 3.63) is 47.0 Å². The van der Waals surface area contributed by atoms with Gasteiger partial charge in [-0.15, -0.1) is 0 Å². The Kier molecular flexibility index (Phi) is 7.41. The van der Waals surface area contributed by atoms with E-state index in [0.29, 0.717) is 47.1 Å². The molecule has 29 heavy (non-hydrogen) atoms. The van der Waals surface area contributed by atoms with Crippen molar-refractivity contribution in [1.82, 2.24) is 5.32 Å². The van der Waals surface area contributed by atoms with Crippen LogP contribution < -0.4 is 15.5 Å². The number of anilines is 2. The second-order valence-electron chi connectivity index (χ2n) is 7.09. The third-order valence-electron chi connectivity index (χ3n) is 4.90. The molecule has 1 fully saturated rings. The van der Waals surface area contributed by atoms with Crippen LogP contribution in [0.2, 0.25) is 0 Å². The Balaban J connectivity index is 1.43. The van der Waals surface area contributed by atoms with Crippen LogP contribution in [0.3, 0.4) is 0 Å². The van der Waals surface area contributed by atoms with Gasteiger partial charge < -0.3 is 20.6 Å². The molecule has 1 unspecified atom stereocenters. The number of amides is 1. The molecule has 0 saturated carbocycles. The first kappa shape index (κ1) is 21.5. The van der Waals surface area contributed by atoms with E-state index in [9.17, 15) is 14.7 Å². The highest BCUT2D eigenvalue weighted by molar-refractivity contribution is 7.81. The Morgan fingerprint density at radius 3 is 2.59 bits per heavy atom. The van der Waals surface area contributed by atoms with Crippen molar-refractivity contribution >= 4 is 51.7 Å². The third-order valence-corrected chi connectivity index (χ3v) is 5.55. The number of thiocarbonyl (C=S) groups is 1. The molecule has 0 spiro atoms. The lowest BCUT2D eigenvalue weighted by Gasteiger charge is -2.28. The molecule has 0 radical (unpaired) electrons. The van der Waals surface area contributed by atoms with Gasteiger partial charge in [-0.05, 0) is 30.3 Å². The van der Waals surface area contributed by atoms with Crippen molar-refractivity contribution in [3.8, 4) is 0 Å². The Labute approximate surface area is 180 Å². The predicted molar refractivity (Wildman–Crippen MR) is 120 cm³/mol. The van der Waals surface area contributed by atoms with Crippen LogP contribution in [0.4, 0.5) is 11.4 Å². The fraction of sp³-hybridized carbons (Fsp3) is 0.381. The third kappa shape index (κ3) is 6.13. The number of hydrogen-bond acceptors (Lipinski definition) is 6. The van der Waals surface area contributed by atoms with E-state index >= 15 is 0 Å². The van der Waals surface area contributed by atoms with Gasteiger partial charge in [-0.3, -0.25) is 9.59 Å². The molecular weight excluding hydrogens is 410 g/mol. The summed E-state index contributed by atoms with van der Waals surface area (Å²) in [6, 6.07) is 7.88. The van der Waals surface area contributed by atoms with Crippen molar-refractivity contribution < 1.29 is 14.7 Å². The molecule has 1 heterocycles. The molecule has 3 N–H and O–H groups in total. The predicted octanol–water partition coefficient (Wildman–Crippen LogP) is 2.57. The van der Waals surface area contributed by atoms with Crippen LogP contribution in [-0.2, 0) is 9.59 Å². The highest BCUT2D eigenvalue weighted by atomic mass is 35.5. The Morgan fingerprint density at radius 2 is 1.90 bits per heavy atom. The smallest absolute Gasteiger partial charge is 0.252 e. The summed E-state index contributed by atoms with van der Waals surface area (Å²) in [5.41, 5.74) is 2.34. The lowest BCUT2D eigenvalue weighted by atomic mass is 10.0. The Morgan fingerprint density at radius 1 is 1.21 bits per heavy atom. The number of aliphatic hydroxyl groups excluding tert-OH is 1. The van der Waals surface area contributed by atoms with Crippen molar-refractivity contribution in [2.45, 2.75) is 25.4 Å². The summed E-state index contributed by atoms with van der Waals surface area (Å²) in [7, 11) is 0. The molecule has 1 aromatic carbocycles. The molecule has 3 rings (SSSR count). The van der Waals surface area contributed by atoms with Crippen LogP contribution in [0.5, 0.6) is 0 Å². The van der Waals surface area contributed by atoms with Gasteiger partial charge in [-0.25, -0.2) is 0 Å². The van der Waals surface area contributed by atoms with Crippen molar-refractivity contribution in [3.63, 3.8) is 0 Å². The average Bonchev–Trinajstić information content (AvgIpc) is 2.73. The Bertz CT molecular complexity index is 841. The maximum absolute atomic E-state index is 12.2. The molecule has 1 aromatic rings. The number of allylic oxidation sites excluding steroid dienone is 3. The lowest BCUT2D eigenvalue weighted by Crippen LogP contribution is -2.37. The molecule has 2 aliphatic rings. The van der Waals surface area contributed by atoms with E-state index in [1.807, 2.05) is 24.3 Å². The zero-order valence-corrected chi connectivity index (χ0v) is 17.6. The van der Waals surface area contributed by atoms with Crippen LogP contribution in [-0.4, -0.2) is 53.9 Å². The SMILES string of the molecule is O=C1CCN(c2ccc(NCC(O)CNC(=O)C3=CC(Cl)=CCC3=S)cc2)CC1. The normalized spacial score (nSPS) is 18.1. The van der Waals surface area contributed by atoms with E-state index in [-0.39, 0.29) is 12.5 Å². The van der Waals surface area contributed by atoms with E-state index in [0.717, 1.165) is 24.5 Å². The van der Waals surface area contributed by atoms with E-state index < -0.39 is 6.10 Å². The van der Waals surface area contributed by atoms with Gasteiger partial charge in [0.1, 0.15) is 5.78 Å². The minimum absolute atomic E-state index is 0.104. The van der Waals surface area contributed by atoms with Gasteiger partial charge in [0.2, 0.25) is 0 Å². The molecule has 1 saturated heterocycles. The van der Waals surface area contributed by atoms with E-state index in [2.05, 4.69) is 15.5 Å². The van der Waals surface area contributed by atoms with Gasteiger partial charge in [0.15, 0.2) is 0 Å². The fourth-order valence-electron chi connectivity index (χ4n) is 3.19. The molecule has 6 nitrogen and oxygen atoms in total. The summed E-state index contributed by atoms with van der Waals surface area (Å²) in [6.07, 6.45) is 4.23. The van der Waals surface area contributed by atoms with Crippen LogP contribution in [0, 0.1) is 0 Å². The molecule has 154 valence electrons. The number of nitrogens with zero attached hydrogens (tertiary/aromatic N) is 1. The first-order valence-corrected chi connectivity index (χ1v) is 10.4. The molecule has 0 aromatic heterocycles. The maximum Gasteiger partial charge on any atom is 0.252 e. The van der Waals surface area contributed by atoms with Crippen molar-refractivity contribution in [1.29, 1.82) is 0 Å². The number of ketones is 1. The first-order valence-electron chi connectivity index (χ1n) is 9.60. The van der Waals surface area contributed by atoms with E-state index in [4.69, 9.17) is 23.8 Å². The van der Waals surface area contributed by atoms with Gasteiger partial charge in [0.05, 0.1) is 11.7 Å². The monoisotopic (exact) mass is 433 g/mol. The van der Waals surface area contributed by atoms with E-state index in [1.165, 1.54) is 0 Å². The fourth-order valence-corrected chi connectivity index (χ4v) is 3.61. The zero-order valence-electron chi connectivity index (χ0n) is 16.0. The van der Waals surface area contributed by atoms with Crippen LogP contribution in [0.25, 0.3) is 0 Å². The summed E-state index contributed by atoms with van der Waals surface area (Å²) < 4.78 is 0. The van der Waals surface area contributed by atoms with Gasteiger partial charge >= 0.3 is 0 Å². The molecule has 1 atom stereocenters. The number of hydrogen-bond donors (Lipinski definition) is 3. The van der Waals surface area contributed by atoms with Gasteiger partial charge in [0.25, 0.3) is 5.91 Å². The second-order valence-corrected chi connectivity index (χ2v) is 8.02. The largest absolute Gasteiger partial charge is 0.389 e. The van der Waals surface area contributed by atoms with Crippen LogP contribution >= 0.6 is 23.8 Å². The molecule has 0 bridgehead atoms. The summed E-state index contributed by atoms with van der Waals surface area (Å²) >= 11 is 11.1. The lowest BCUT2D eigenvalue weighted by molar-refractivity contribution is -0.119. The summed E-state index contributed by atoms with van der Waals surface area (Å²) in [6.45, 7) is 1.91. The minimum atomic E-state index is -0.754. The number of rotatable bonds is 7. The number of piperidine rings is 1. The number of halogens is 1. The van der Waals surface area contributed by atoms with Crippen molar-refractivity contribution in [2.75, 3.05) is 36.4 Å². The number of carbonyl (C=O) groups is 2. The van der Waals surface area contributed by atoms with Crippen LogP contribution in [0.1, 0.15) is 19.3 Å². The highest BCUT2D eigenvalue weighted by Gasteiger charge is 2.19. The minimum Gasteiger partial charge on any atom is -0.389 e. The van der Waals surface area contributed by atoms with Gasteiger partial charge in [0, 0.05) is 66.7 Å². The maximum atomic E-state index is 12.2. The average molecular weight is 434 g/mol. The number of Topliss-reactive ketones (excluding diaryl/α,β-unsaturated/α-hetero) is 1. The number of carbonyl (C=O) groups excluding carboxylic acids is 2. The van der Waals surface area contributed by atoms with E-state index in [1.54, 1.807) is 12.2 Å². The van der Waals surface area contributed by atoms with Gasteiger partial charge in [-0.1, -0.05) is 29.9 Å². The number of aliphatic hydroxyl groups is 1. The van der Waals surface area contributed by atoms with Crippen molar-refractivity contribution in [2.24, 2.45) is 0 Å². The first-order chi connectivity index (χ1) is 13.9. The standard InChI is InChI=1S/C21H24ClN3O3S/c22-14-1-6-20(29)19(11-14)21(28)24-13-18(27)12-23-15-2-4-16(5-3-15)25-9-7-17(26)8-10-25/h1-5,11,18,23,27H,6-10,12-13H2,(H,24,28). The summed E-state index contributed by atoms with van der Waals surface area (Å²) in [5, 5.41) is 16.5.